The molecule has 0 saturated carbocycles. The summed E-state index contributed by atoms with van der Waals surface area (Å²) in [6, 6.07) is 16.2. The van der Waals surface area contributed by atoms with E-state index < -0.39 is 5.60 Å². The fourth-order valence-electron chi connectivity index (χ4n) is 3.00. The van der Waals surface area contributed by atoms with E-state index in [4.69, 9.17) is 0 Å². The van der Waals surface area contributed by atoms with Gasteiger partial charge in [-0.1, -0.05) is 48.5 Å². The molecule has 1 aliphatic heterocycles. The molecule has 2 aromatic rings. The number of nitrogens with zero attached hydrogens (tertiary/aromatic N) is 1. The lowest BCUT2D eigenvalue weighted by molar-refractivity contribution is 0.164. The van der Waals surface area contributed by atoms with Gasteiger partial charge < -0.3 is 5.11 Å². The summed E-state index contributed by atoms with van der Waals surface area (Å²) in [5.41, 5.74) is 3.12. The van der Waals surface area contributed by atoms with Crippen molar-refractivity contribution in [3.8, 4) is 11.1 Å². The second-order valence-corrected chi connectivity index (χ2v) is 5.92. The Balaban J connectivity index is 2.06. The van der Waals surface area contributed by atoms with E-state index in [0.29, 0.717) is 0 Å². The van der Waals surface area contributed by atoms with Gasteiger partial charge in [-0.25, -0.2) is 0 Å². The molecule has 2 aliphatic rings. The Hall–Kier alpha value is -1.58. The quantitative estimate of drug-likeness (QED) is 0.861. The fourth-order valence-corrected chi connectivity index (χ4v) is 3.98. The summed E-state index contributed by atoms with van der Waals surface area (Å²) in [5.74, 6) is 0.960. The summed E-state index contributed by atoms with van der Waals surface area (Å²) >= 11 is 1.67. The minimum atomic E-state index is -1.05. The molecule has 1 heterocycles. The SMILES string of the molecule is OC1(C2=NCCS2)c2ccccc2-c2ccccc21. The Morgan fingerprint density at radius 3 is 2.05 bits per heavy atom. The van der Waals surface area contributed by atoms with Gasteiger partial charge >= 0.3 is 0 Å². The Bertz CT molecular complexity index is 647. The maximum atomic E-state index is 11.3. The Labute approximate surface area is 116 Å². The maximum Gasteiger partial charge on any atom is 0.164 e. The van der Waals surface area contributed by atoms with Crippen molar-refractivity contribution in [3.63, 3.8) is 0 Å². The molecule has 0 bridgehead atoms. The van der Waals surface area contributed by atoms with E-state index >= 15 is 0 Å². The van der Waals surface area contributed by atoms with Crippen LogP contribution < -0.4 is 0 Å². The zero-order valence-corrected chi connectivity index (χ0v) is 11.2. The first-order valence-electron chi connectivity index (χ1n) is 6.41. The monoisotopic (exact) mass is 267 g/mol. The highest BCUT2D eigenvalue weighted by atomic mass is 32.2. The molecule has 3 heteroatoms. The first-order valence-corrected chi connectivity index (χ1v) is 7.40. The van der Waals surface area contributed by atoms with E-state index in [1.54, 1.807) is 11.8 Å². The molecule has 4 rings (SSSR count). The van der Waals surface area contributed by atoms with E-state index in [1.807, 2.05) is 36.4 Å². The first kappa shape index (κ1) is 11.3. The van der Waals surface area contributed by atoms with E-state index in [-0.39, 0.29) is 0 Å². The standard InChI is InChI=1S/C16H13NOS/c18-16(15-17-9-10-19-15)13-7-3-1-5-11(13)12-6-2-4-8-14(12)16/h1-8,18H,9-10H2. The molecule has 0 spiro atoms. The molecule has 0 radical (unpaired) electrons. The lowest BCUT2D eigenvalue weighted by Gasteiger charge is -2.25. The molecule has 0 unspecified atom stereocenters. The topological polar surface area (TPSA) is 32.6 Å². The average molecular weight is 267 g/mol. The van der Waals surface area contributed by atoms with Crippen LogP contribution in [-0.4, -0.2) is 22.4 Å². The predicted octanol–water partition coefficient (Wildman–Crippen LogP) is 3.05. The molecule has 2 aromatic carbocycles. The van der Waals surface area contributed by atoms with Gasteiger partial charge in [0.2, 0.25) is 0 Å². The summed E-state index contributed by atoms with van der Waals surface area (Å²) in [4.78, 5) is 4.52. The number of rotatable bonds is 1. The molecule has 0 atom stereocenters. The molecular formula is C16H13NOS. The van der Waals surface area contributed by atoms with Crippen molar-refractivity contribution in [1.29, 1.82) is 0 Å². The van der Waals surface area contributed by atoms with Crippen molar-refractivity contribution >= 4 is 16.8 Å². The van der Waals surface area contributed by atoms with Crippen LogP contribution in [0.5, 0.6) is 0 Å². The minimum absolute atomic E-state index is 0.798. The number of hydrogen-bond acceptors (Lipinski definition) is 3. The fraction of sp³-hybridized carbons (Fsp3) is 0.188. The summed E-state index contributed by atoms with van der Waals surface area (Å²) < 4.78 is 0. The van der Waals surface area contributed by atoms with Gasteiger partial charge in [0.1, 0.15) is 5.04 Å². The molecule has 0 aromatic heterocycles. The van der Waals surface area contributed by atoms with Crippen LogP contribution in [0.1, 0.15) is 11.1 Å². The van der Waals surface area contributed by atoms with E-state index in [9.17, 15) is 5.11 Å². The summed E-state index contributed by atoms with van der Waals surface area (Å²) in [7, 11) is 0. The summed E-state index contributed by atoms with van der Waals surface area (Å²) in [6.45, 7) is 0.798. The van der Waals surface area contributed by atoms with E-state index in [0.717, 1.165) is 39.6 Å². The van der Waals surface area contributed by atoms with Crippen molar-refractivity contribution in [1.82, 2.24) is 0 Å². The second kappa shape index (κ2) is 3.95. The van der Waals surface area contributed by atoms with Gasteiger partial charge in [-0.2, -0.15) is 0 Å². The average Bonchev–Trinajstić information content (AvgIpc) is 3.08. The number of fused-ring (bicyclic) bond motifs is 3. The molecule has 0 amide bonds. The van der Waals surface area contributed by atoms with Crippen molar-refractivity contribution in [3.05, 3.63) is 59.7 Å². The largest absolute Gasteiger partial charge is 0.374 e. The molecule has 1 N–H and O–H groups in total. The smallest absolute Gasteiger partial charge is 0.164 e. The predicted molar refractivity (Wildman–Crippen MR) is 79.6 cm³/mol. The molecule has 2 nitrogen and oxygen atoms in total. The highest BCUT2D eigenvalue weighted by Crippen LogP contribution is 2.50. The lowest BCUT2D eigenvalue weighted by Crippen LogP contribution is -2.32. The van der Waals surface area contributed by atoms with Crippen LogP contribution in [-0.2, 0) is 5.60 Å². The molecule has 19 heavy (non-hydrogen) atoms. The third-order valence-electron chi connectivity index (χ3n) is 3.82. The molecule has 0 saturated heterocycles. The van der Waals surface area contributed by atoms with Crippen molar-refractivity contribution < 1.29 is 5.11 Å². The highest BCUT2D eigenvalue weighted by molar-refractivity contribution is 8.14. The third-order valence-corrected chi connectivity index (χ3v) is 4.90. The Morgan fingerprint density at radius 2 is 1.53 bits per heavy atom. The first-order chi connectivity index (χ1) is 9.32. The van der Waals surface area contributed by atoms with Gasteiger partial charge in [-0.3, -0.25) is 4.99 Å². The molecular weight excluding hydrogens is 254 g/mol. The van der Waals surface area contributed by atoms with Crippen LogP contribution in [0.25, 0.3) is 11.1 Å². The van der Waals surface area contributed by atoms with Gasteiger partial charge in [0.25, 0.3) is 0 Å². The third kappa shape index (κ3) is 1.40. The van der Waals surface area contributed by atoms with Crippen LogP contribution in [0.3, 0.4) is 0 Å². The van der Waals surface area contributed by atoms with Crippen molar-refractivity contribution in [2.24, 2.45) is 4.99 Å². The van der Waals surface area contributed by atoms with Gasteiger partial charge in [0, 0.05) is 23.4 Å². The maximum absolute atomic E-state index is 11.3. The van der Waals surface area contributed by atoms with Crippen LogP contribution in [0, 0.1) is 0 Å². The molecule has 1 aliphatic carbocycles. The minimum Gasteiger partial charge on any atom is -0.374 e. The molecule has 94 valence electrons. The number of hydrogen-bond donors (Lipinski definition) is 1. The van der Waals surface area contributed by atoms with E-state index in [1.165, 1.54) is 0 Å². The van der Waals surface area contributed by atoms with Crippen LogP contribution in [0.4, 0.5) is 0 Å². The highest BCUT2D eigenvalue weighted by Gasteiger charge is 2.46. The Kier molecular flexibility index (Phi) is 2.34. The van der Waals surface area contributed by atoms with Gasteiger partial charge in [-0.05, 0) is 11.1 Å². The normalized spacial score (nSPS) is 18.9. The van der Waals surface area contributed by atoms with Gasteiger partial charge in [-0.15, -0.1) is 11.8 Å². The van der Waals surface area contributed by atoms with Gasteiger partial charge in [0.15, 0.2) is 5.60 Å². The number of benzene rings is 2. The Morgan fingerprint density at radius 1 is 0.947 bits per heavy atom. The number of thioether (sulfide) groups is 1. The van der Waals surface area contributed by atoms with Crippen LogP contribution in [0.2, 0.25) is 0 Å². The number of aliphatic hydroxyl groups is 1. The lowest BCUT2D eigenvalue weighted by atomic mass is 9.92. The zero-order valence-electron chi connectivity index (χ0n) is 10.3. The number of aliphatic imine (C=N–C) groups is 1. The second-order valence-electron chi connectivity index (χ2n) is 4.84. The van der Waals surface area contributed by atoms with Crippen molar-refractivity contribution in [2.45, 2.75) is 5.60 Å². The van der Waals surface area contributed by atoms with Crippen molar-refractivity contribution in [2.75, 3.05) is 12.3 Å². The summed E-state index contributed by atoms with van der Waals surface area (Å²) in [5, 5.41) is 12.2. The van der Waals surface area contributed by atoms with E-state index in [2.05, 4.69) is 17.1 Å². The molecule has 0 fully saturated rings. The van der Waals surface area contributed by atoms with Crippen LogP contribution in [0.15, 0.2) is 53.5 Å². The van der Waals surface area contributed by atoms with Gasteiger partial charge in [0.05, 0.1) is 0 Å². The zero-order chi connectivity index (χ0) is 12.9. The van der Waals surface area contributed by atoms with Crippen LogP contribution >= 0.6 is 11.8 Å². The summed E-state index contributed by atoms with van der Waals surface area (Å²) in [6.07, 6.45) is 0.